The molecule has 0 bridgehead atoms. The van der Waals surface area contributed by atoms with Crippen LogP contribution in [0.2, 0.25) is 0 Å². The fourth-order valence-electron chi connectivity index (χ4n) is 7.91. The number of phenolic OH excluding ortho intramolecular Hbond substituents is 1. The van der Waals surface area contributed by atoms with E-state index in [1.807, 2.05) is 48.5 Å². The van der Waals surface area contributed by atoms with Gasteiger partial charge in [0.25, 0.3) is 11.8 Å². The number of para-hydroxylation sites is 1. The van der Waals surface area contributed by atoms with Crippen molar-refractivity contribution in [2.24, 2.45) is 17.8 Å². The second-order valence-corrected chi connectivity index (χ2v) is 13.8. The third kappa shape index (κ3) is 4.04. The molecule has 4 amide bonds. The SMILES string of the molecule is Cc1cc([C@H]2C3=CC[C@@H]4C(=O)N(c5ccc(Nc6ccccc6)cc5)C(=O)[C@@H]4[C@@H]3C[C@@]3(Cl)C(=O)N(C)C(=O)[C@@]23Cl)cc(C)c1O. The number of phenols is 1. The number of benzene rings is 3. The van der Waals surface area contributed by atoms with Crippen LogP contribution in [-0.2, 0) is 19.2 Å². The van der Waals surface area contributed by atoms with E-state index < -0.39 is 45.2 Å². The van der Waals surface area contributed by atoms with Crippen LogP contribution in [0.3, 0.4) is 0 Å². The molecule has 6 atom stereocenters. The number of amides is 4. The van der Waals surface area contributed by atoms with Gasteiger partial charge in [-0.3, -0.25) is 29.0 Å². The number of nitrogens with one attached hydrogen (secondary N) is 1. The molecule has 8 nitrogen and oxygen atoms in total. The van der Waals surface area contributed by atoms with Crippen LogP contribution in [0, 0.1) is 31.6 Å². The normalized spacial score (nSPS) is 30.6. The van der Waals surface area contributed by atoms with Gasteiger partial charge < -0.3 is 10.4 Å². The smallest absolute Gasteiger partial charge is 0.253 e. The fraction of sp³-hybridized carbons (Fsp3) is 0.314. The second-order valence-electron chi connectivity index (χ2n) is 12.6. The molecule has 10 heteroatoms. The number of anilines is 3. The van der Waals surface area contributed by atoms with Gasteiger partial charge in [0.2, 0.25) is 11.8 Å². The minimum atomic E-state index is -1.86. The summed E-state index contributed by atoms with van der Waals surface area (Å²) in [6.07, 6.45) is 2.11. The molecule has 7 rings (SSSR count). The summed E-state index contributed by atoms with van der Waals surface area (Å²) in [5.41, 5.74) is 4.65. The molecular weight excluding hydrogens is 613 g/mol. The Labute approximate surface area is 270 Å². The predicted octanol–water partition coefficient (Wildman–Crippen LogP) is 5.95. The quantitative estimate of drug-likeness (QED) is 0.207. The maximum atomic E-state index is 14.3. The Bertz CT molecular complexity index is 1800. The monoisotopic (exact) mass is 643 g/mol. The molecule has 0 unspecified atom stereocenters. The topological polar surface area (TPSA) is 107 Å². The molecular formula is C35H31Cl2N3O5. The van der Waals surface area contributed by atoms with Gasteiger partial charge in [-0.05, 0) is 85.7 Å². The van der Waals surface area contributed by atoms with Gasteiger partial charge in [-0.25, -0.2) is 0 Å². The van der Waals surface area contributed by atoms with Crippen LogP contribution < -0.4 is 10.2 Å². The van der Waals surface area contributed by atoms with Crippen molar-refractivity contribution < 1.29 is 24.3 Å². The average molecular weight is 645 g/mol. The Hall–Kier alpha value is -4.14. The molecule has 2 aliphatic heterocycles. The highest BCUT2D eigenvalue weighted by atomic mass is 35.5. The molecule has 0 radical (unpaired) electrons. The van der Waals surface area contributed by atoms with Crippen molar-refractivity contribution in [1.29, 1.82) is 0 Å². The minimum Gasteiger partial charge on any atom is -0.507 e. The minimum absolute atomic E-state index is 0.0701. The third-order valence-electron chi connectivity index (χ3n) is 10.0. The van der Waals surface area contributed by atoms with Gasteiger partial charge in [-0.1, -0.05) is 42.0 Å². The van der Waals surface area contributed by atoms with Gasteiger partial charge in [-0.2, -0.15) is 0 Å². The number of carbonyl (C=O) groups is 4. The van der Waals surface area contributed by atoms with Crippen molar-refractivity contribution in [3.8, 4) is 5.75 Å². The Morgan fingerprint density at radius 1 is 0.844 bits per heavy atom. The average Bonchev–Trinajstić information content (AvgIpc) is 3.35. The van der Waals surface area contributed by atoms with Crippen LogP contribution >= 0.6 is 23.2 Å². The molecule has 3 aromatic rings. The van der Waals surface area contributed by atoms with E-state index in [1.54, 1.807) is 38.1 Å². The van der Waals surface area contributed by atoms with Crippen LogP contribution in [0.25, 0.3) is 0 Å². The third-order valence-corrected chi connectivity index (χ3v) is 11.5. The van der Waals surface area contributed by atoms with E-state index >= 15 is 0 Å². The van der Waals surface area contributed by atoms with Crippen molar-refractivity contribution in [2.45, 2.75) is 42.4 Å². The van der Waals surface area contributed by atoms with Gasteiger partial charge in [0.05, 0.1) is 17.5 Å². The molecule has 230 valence electrons. The van der Waals surface area contributed by atoms with Gasteiger partial charge in [-0.15, -0.1) is 23.2 Å². The highest BCUT2D eigenvalue weighted by molar-refractivity contribution is 6.53. The molecule has 2 aliphatic carbocycles. The lowest BCUT2D eigenvalue weighted by molar-refractivity contribution is -0.138. The number of nitrogens with zero attached hydrogens (tertiary/aromatic N) is 2. The molecule has 1 saturated carbocycles. The predicted molar refractivity (Wildman–Crippen MR) is 172 cm³/mol. The van der Waals surface area contributed by atoms with Crippen molar-refractivity contribution in [3.05, 3.63) is 95.1 Å². The number of likely N-dealkylation sites (tertiary alicyclic amines) is 1. The summed E-state index contributed by atoms with van der Waals surface area (Å²) in [5.74, 6) is -4.71. The zero-order valence-electron chi connectivity index (χ0n) is 24.9. The van der Waals surface area contributed by atoms with Crippen LogP contribution in [0.5, 0.6) is 5.75 Å². The molecule has 2 heterocycles. The highest BCUT2D eigenvalue weighted by Gasteiger charge is 2.75. The number of aryl methyl sites for hydroxylation is 2. The van der Waals surface area contributed by atoms with Crippen molar-refractivity contribution in [1.82, 2.24) is 4.90 Å². The fourth-order valence-corrected chi connectivity index (χ4v) is 8.93. The number of imide groups is 2. The Morgan fingerprint density at radius 3 is 2.11 bits per heavy atom. The largest absolute Gasteiger partial charge is 0.507 e. The van der Waals surface area contributed by atoms with E-state index in [9.17, 15) is 24.3 Å². The number of hydrogen-bond donors (Lipinski definition) is 2. The first-order chi connectivity index (χ1) is 21.4. The van der Waals surface area contributed by atoms with E-state index in [0.717, 1.165) is 16.3 Å². The van der Waals surface area contributed by atoms with Crippen LogP contribution in [0.4, 0.5) is 17.1 Å². The molecule has 2 N–H and O–H groups in total. The number of fused-ring (bicyclic) bond motifs is 4. The summed E-state index contributed by atoms with van der Waals surface area (Å²) in [4.78, 5) is 54.1. The van der Waals surface area contributed by atoms with E-state index in [2.05, 4.69) is 5.32 Å². The first-order valence-electron chi connectivity index (χ1n) is 14.9. The summed E-state index contributed by atoms with van der Waals surface area (Å²) in [6.45, 7) is 3.50. The zero-order valence-corrected chi connectivity index (χ0v) is 26.4. The standard InChI is InChI=1S/C35H31Cl2N3O5/c1-18-15-20(16-19(2)29(18)41)28-24-13-14-25-27(26(24)17-34(36)32(44)39(3)33(45)35(28,34)37)31(43)40(30(25)42)23-11-9-22(10-12-23)38-21-7-5-4-6-8-21/h4-13,15-16,25-28,38,41H,14,17H2,1-3H3/t25-,26+,27-,28-,34+,35-/m0/s1. The van der Waals surface area contributed by atoms with Crippen LogP contribution in [0.1, 0.15) is 35.4 Å². The number of rotatable bonds is 4. The van der Waals surface area contributed by atoms with E-state index in [1.165, 1.54) is 11.9 Å². The summed E-state index contributed by atoms with van der Waals surface area (Å²) in [5, 5.41) is 13.8. The van der Waals surface area contributed by atoms with E-state index in [4.69, 9.17) is 23.2 Å². The van der Waals surface area contributed by atoms with E-state index in [-0.39, 0.29) is 30.4 Å². The first kappa shape index (κ1) is 29.6. The van der Waals surface area contributed by atoms with E-state index in [0.29, 0.717) is 28.0 Å². The Kier molecular flexibility index (Phi) is 6.69. The summed E-state index contributed by atoms with van der Waals surface area (Å²) in [6, 6.07) is 20.3. The second kappa shape index (κ2) is 10.2. The molecule has 0 spiro atoms. The van der Waals surface area contributed by atoms with Crippen molar-refractivity contribution in [3.63, 3.8) is 0 Å². The number of aromatic hydroxyl groups is 1. The number of halogens is 2. The molecule has 2 saturated heterocycles. The van der Waals surface area contributed by atoms with Gasteiger partial charge in [0, 0.05) is 24.3 Å². The summed E-state index contributed by atoms with van der Waals surface area (Å²) >= 11 is 14.5. The lowest BCUT2D eigenvalue weighted by Crippen LogP contribution is -2.60. The summed E-state index contributed by atoms with van der Waals surface area (Å²) < 4.78 is 0. The van der Waals surface area contributed by atoms with Crippen molar-refractivity contribution in [2.75, 3.05) is 17.3 Å². The van der Waals surface area contributed by atoms with Gasteiger partial charge in [0.15, 0.2) is 9.75 Å². The molecule has 0 aromatic heterocycles. The lowest BCUT2D eigenvalue weighted by Gasteiger charge is -2.51. The number of hydrogen-bond acceptors (Lipinski definition) is 6. The van der Waals surface area contributed by atoms with Gasteiger partial charge >= 0.3 is 0 Å². The van der Waals surface area contributed by atoms with Crippen LogP contribution in [-0.4, -0.2) is 50.4 Å². The number of carbonyl (C=O) groups excluding carboxylic acids is 4. The zero-order chi connectivity index (χ0) is 32.0. The first-order valence-corrected chi connectivity index (χ1v) is 15.6. The van der Waals surface area contributed by atoms with Gasteiger partial charge in [0.1, 0.15) is 5.75 Å². The van der Waals surface area contributed by atoms with Crippen LogP contribution in [0.15, 0.2) is 78.4 Å². The number of allylic oxidation sites excluding steroid dienone is 2. The molecule has 3 aromatic carbocycles. The molecule has 4 aliphatic rings. The Morgan fingerprint density at radius 2 is 1.47 bits per heavy atom. The maximum Gasteiger partial charge on any atom is 0.253 e. The van der Waals surface area contributed by atoms with Crippen molar-refractivity contribution >= 4 is 63.9 Å². The summed E-state index contributed by atoms with van der Waals surface area (Å²) in [7, 11) is 1.37. The molecule has 45 heavy (non-hydrogen) atoms. The Balaban J connectivity index is 1.29. The lowest BCUT2D eigenvalue weighted by atomic mass is 9.56. The maximum absolute atomic E-state index is 14.3. The highest BCUT2D eigenvalue weighted by Crippen LogP contribution is 2.65. The molecule has 3 fully saturated rings. The number of alkyl halides is 2.